The lowest BCUT2D eigenvalue weighted by Crippen LogP contribution is -2.05. The smallest absolute Gasteiger partial charge is 0.119 e. The van der Waals surface area contributed by atoms with Crippen molar-refractivity contribution in [2.24, 2.45) is 5.10 Å². The van der Waals surface area contributed by atoms with E-state index in [9.17, 15) is 0 Å². The molecule has 0 spiro atoms. The lowest BCUT2D eigenvalue weighted by atomic mass is 10.2. The van der Waals surface area contributed by atoms with Crippen molar-refractivity contribution in [1.29, 1.82) is 0 Å². The van der Waals surface area contributed by atoms with Crippen molar-refractivity contribution in [2.45, 2.75) is 0 Å². The summed E-state index contributed by atoms with van der Waals surface area (Å²) in [5, 5.41) is 3.94. The second kappa shape index (κ2) is 4.46. The summed E-state index contributed by atoms with van der Waals surface area (Å²) in [5.41, 5.74) is 4.95. The van der Waals surface area contributed by atoms with E-state index in [-0.39, 0.29) is 0 Å². The zero-order chi connectivity index (χ0) is 10.5. The topological polar surface area (TPSA) is 33.6 Å². The van der Waals surface area contributed by atoms with Crippen LogP contribution in [0.25, 0.3) is 6.08 Å². The number of hydrazone groups is 1. The third-order valence-corrected chi connectivity index (χ3v) is 2.05. The van der Waals surface area contributed by atoms with E-state index in [1.165, 1.54) is 0 Å². The molecule has 0 unspecified atom stereocenters. The van der Waals surface area contributed by atoms with Gasteiger partial charge in [-0.05, 0) is 35.9 Å². The highest BCUT2D eigenvalue weighted by atomic mass is 16.5. The fraction of sp³-hybridized carbons (Fsp3) is 0.0833. The highest BCUT2D eigenvalue weighted by Gasteiger charge is 1.96. The zero-order valence-corrected chi connectivity index (χ0v) is 8.47. The number of rotatable bonds is 2. The maximum Gasteiger partial charge on any atom is 0.119 e. The number of ether oxygens (including phenoxy) is 1. The summed E-state index contributed by atoms with van der Waals surface area (Å²) in [5.74, 6) is 0.854. The first-order chi connectivity index (χ1) is 7.38. The van der Waals surface area contributed by atoms with Crippen molar-refractivity contribution >= 4 is 12.3 Å². The van der Waals surface area contributed by atoms with E-state index in [0.717, 1.165) is 17.0 Å². The molecule has 1 heterocycles. The van der Waals surface area contributed by atoms with Gasteiger partial charge < -0.3 is 4.74 Å². The molecule has 0 radical (unpaired) electrons. The van der Waals surface area contributed by atoms with Crippen LogP contribution >= 0.6 is 0 Å². The molecular weight excluding hydrogens is 188 g/mol. The van der Waals surface area contributed by atoms with Crippen LogP contribution in [0.15, 0.2) is 47.2 Å². The summed E-state index contributed by atoms with van der Waals surface area (Å²) in [6, 6.07) is 7.87. The van der Waals surface area contributed by atoms with E-state index in [2.05, 4.69) is 10.5 Å². The van der Waals surface area contributed by atoms with Gasteiger partial charge in [0.05, 0.1) is 12.8 Å². The first-order valence-corrected chi connectivity index (χ1v) is 4.70. The summed E-state index contributed by atoms with van der Waals surface area (Å²) in [6.07, 6.45) is 7.58. The number of methoxy groups -OCH3 is 1. The lowest BCUT2D eigenvalue weighted by molar-refractivity contribution is 0.414. The van der Waals surface area contributed by atoms with Gasteiger partial charge in [-0.25, -0.2) is 0 Å². The molecular formula is C12H12N2O. The average molecular weight is 200 g/mol. The predicted octanol–water partition coefficient (Wildman–Crippen LogP) is 2.18. The van der Waals surface area contributed by atoms with Crippen LogP contribution in [-0.2, 0) is 0 Å². The highest BCUT2D eigenvalue weighted by Crippen LogP contribution is 2.15. The molecule has 0 saturated carbocycles. The largest absolute Gasteiger partial charge is 0.497 e. The molecule has 1 aliphatic heterocycles. The molecule has 1 aromatic carbocycles. The van der Waals surface area contributed by atoms with Crippen LogP contribution in [-0.4, -0.2) is 13.3 Å². The summed E-state index contributed by atoms with van der Waals surface area (Å²) in [4.78, 5) is 0. The highest BCUT2D eigenvalue weighted by molar-refractivity contribution is 5.74. The first-order valence-electron chi connectivity index (χ1n) is 4.70. The number of hydrogen-bond donors (Lipinski definition) is 1. The molecule has 1 aliphatic rings. The fourth-order valence-corrected chi connectivity index (χ4v) is 1.33. The Kier molecular flexibility index (Phi) is 2.83. The Hall–Kier alpha value is -2.03. The van der Waals surface area contributed by atoms with Crippen LogP contribution in [0.4, 0.5) is 0 Å². The molecule has 0 bridgehead atoms. The van der Waals surface area contributed by atoms with Crippen molar-refractivity contribution in [3.8, 4) is 5.75 Å². The van der Waals surface area contributed by atoms with Gasteiger partial charge in [0.15, 0.2) is 0 Å². The predicted molar refractivity (Wildman–Crippen MR) is 61.7 cm³/mol. The molecule has 1 N–H and O–H groups in total. The van der Waals surface area contributed by atoms with Gasteiger partial charge in [-0.3, -0.25) is 5.43 Å². The number of nitrogens with zero attached hydrogens (tertiary/aromatic N) is 1. The minimum atomic E-state index is 0.854. The molecule has 0 atom stereocenters. The monoisotopic (exact) mass is 200 g/mol. The number of nitrogens with one attached hydrogen (secondary N) is 1. The normalized spacial score (nSPS) is 16.5. The van der Waals surface area contributed by atoms with Crippen molar-refractivity contribution in [3.05, 3.63) is 47.7 Å². The maximum absolute atomic E-state index is 5.15. The first kappa shape index (κ1) is 9.52. The fourth-order valence-electron chi connectivity index (χ4n) is 1.33. The van der Waals surface area contributed by atoms with E-state index in [0.29, 0.717) is 0 Å². The number of benzene rings is 1. The third kappa shape index (κ3) is 2.47. The molecule has 1 aromatic rings. The quantitative estimate of drug-likeness (QED) is 0.793. The Bertz CT molecular complexity index is 433. The summed E-state index contributed by atoms with van der Waals surface area (Å²) >= 11 is 0. The molecule has 76 valence electrons. The van der Waals surface area contributed by atoms with Crippen LogP contribution in [0.2, 0.25) is 0 Å². The molecule has 3 nitrogen and oxygen atoms in total. The van der Waals surface area contributed by atoms with Gasteiger partial charge in [0, 0.05) is 6.21 Å². The second-order valence-corrected chi connectivity index (χ2v) is 3.13. The van der Waals surface area contributed by atoms with Crippen LogP contribution < -0.4 is 10.2 Å². The van der Waals surface area contributed by atoms with Gasteiger partial charge in [0.2, 0.25) is 0 Å². The summed E-state index contributed by atoms with van der Waals surface area (Å²) in [6.45, 7) is 0. The molecule has 0 saturated heterocycles. The SMILES string of the molecule is COc1cccc(C=C2C=CC=NN2)c1. The lowest BCUT2D eigenvalue weighted by Gasteiger charge is -2.05. The van der Waals surface area contributed by atoms with E-state index >= 15 is 0 Å². The molecule has 2 rings (SSSR count). The zero-order valence-electron chi connectivity index (χ0n) is 8.47. The summed E-state index contributed by atoms with van der Waals surface area (Å²) in [7, 11) is 1.66. The Morgan fingerprint density at radius 2 is 2.33 bits per heavy atom. The van der Waals surface area contributed by atoms with Crippen molar-refractivity contribution in [3.63, 3.8) is 0 Å². The van der Waals surface area contributed by atoms with E-state index in [1.54, 1.807) is 13.3 Å². The van der Waals surface area contributed by atoms with Gasteiger partial charge in [-0.15, -0.1) is 0 Å². The van der Waals surface area contributed by atoms with E-state index < -0.39 is 0 Å². The van der Waals surface area contributed by atoms with E-state index in [4.69, 9.17) is 4.74 Å². The molecule has 0 aromatic heterocycles. The Morgan fingerprint density at radius 3 is 3.07 bits per heavy atom. The number of hydrogen-bond acceptors (Lipinski definition) is 3. The molecule has 3 heteroatoms. The number of allylic oxidation sites excluding steroid dienone is 2. The Morgan fingerprint density at radius 1 is 1.40 bits per heavy atom. The molecule has 0 fully saturated rings. The average Bonchev–Trinajstić information content (AvgIpc) is 2.31. The molecule has 0 amide bonds. The van der Waals surface area contributed by atoms with Crippen molar-refractivity contribution in [2.75, 3.05) is 7.11 Å². The van der Waals surface area contributed by atoms with Crippen LogP contribution in [0.5, 0.6) is 5.75 Å². The van der Waals surface area contributed by atoms with Gasteiger partial charge in [0.1, 0.15) is 5.75 Å². The standard InChI is InChI=1S/C12H12N2O/c1-15-12-6-2-4-10(9-12)8-11-5-3-7-13-14-11/h2-9,14H,1H3. The van der Waals surface area contributed by atoms with Gasteiger partial charge in [-0.1, -0.05) is 12.1 Å². The Labute approximate surface area is 88.8 Å². The second-order valence-electron chi connectivity index (χ2n) is 3.13. The molecule has 0 aliphatic carbocycles. The minimum Gasteiger partial charge on any atom is -0.497 e. The Balaban J connectivity index is 2.23. The van der Waals surface area contributed by atoms with Gasteiger partial charge in [0.25, 0.3) is 0 Å². The van der Waals surface area contributed by atoms with Crippen molar-refractivity contribution in [1.82, 2.24) is 5.43 Å². The van der Waals surface area contributed by atoms with E-state index in [1.807, 2.05) is 42.5 Å². The summed E-state index contributed by atoms with van der Waals surface area (Å²) < 4.78 is 5.15. The van der Waals surface area contributed by atoms with Crippen LogP contribution in [0, 0.1) is 0 Å². The van der Waals surface area contributed by atoms with Crippen molar-refractivity contribution < 1.29 is 4.74 Å². The third-order valence-electron chi connectivity index (χ3n) is 2.05. The minimum absolute atomic E-state index is 0.854. The molecule has 15 heavy (non-hydrogen) atoms. The van der Waals surface area contributed by atoms with Gasteiger partial charge >= 0.3 is 0 Å². The maximum atomic E-state index is 5.15. The van der Waals surface area contributed by atoms with Crippen LogP contribution in [0.1, 0.15) is 5.56 Å². The van der Waals surface area contributed by atoms with Gasteiger partial charge in [-0.2, -0.15) is 5.10 Å². The van der Waals surface area contributed by atoms with Crippen LogP contribution in [0.3, 0.4) is 0 Å².